The Labute approximate surface area is 62.2 Å². The van der Waals surface area contributed by atoms with Crippen LogP contribution in [0.3, 0.4) is 0 Å². The number of hydrogen-bond donors (Lipinski definition) is 2. The molecule has 2 atom stereocenters. The molecule has 10 heavy (non-hydrogen) atoms. The van der Waals surface area contributed by atoms with E-state index < -0.39 is 6.10 Å². The van der Waals surface area contributed by atoms with E-state index >= 15 is 0 Å². The van der Waals surface area contributed by atoms with Crippen LogP contribution in [0.4, 0.5) is 0 Å². The van der Waals surface area contributed by atoms with Gasteiger partial charge in [0.15, 0.2) is 0 Å². The number of rotatable bonds is 5. The average molecular weight is 144 g/mol. The Morgan fingerprint density at radius 1 is 1.40 bits per heavy atom. The zero-order valence-electron chi connectivity index (χ0n) is 6.45. The Morgan fingerprint density at radius 2 is 2.00 bits per heavy atom. The molecule has 60 valence electrons. The summed E-state index contributed by atoms with van der Waals surface area (Å²) >= 11 is 0. The molecule has 0 aromatic carbocycles. The average Bonchev–Trinajstić information content (AvgIpc) is 1.88. The lowest BCUT2D eigenvalue weighted by atomic mass is 10.1. The van der Waals surface area contributed by atoms with Crippen molar-refractivity contribution >= 4 is 0 Å². The first-order valence-corrected chi connectivity index (χ1v) is 3.67. The molecule has 0 radical (unpaired) electrons. The molecule has 0 saturated carbocycles. The van der Waals surface area contributed by atoms with Crippen molar-refractivity contribution < 1.29 is 10.2 Å². The highest BCUT2D eigenvalue weighted by Crippen LogP contribution is 2.04. The Morgan fingerprint density at radius 3 is 2.40 bits per heavy atom. The van der Waals surface area contributed by atoms with Gasteiger partial charge in [-0.3, -0.25) is 0 Å². The van der Waals surface area contributed by atoms with Crippen molar-refractivity contribution in [1.82, 2.24) is 0 Å². The minimum absolute atomic E-state index is 0.366. The van der Waals surface area contributed by atoms with Gasteiger partial charge in [0.2, 0.25) is 0 Å². The quantitative estimate of drug-likeness (QED) is 0.567. The normalized spacial score (nSPS) is 16.3. The molecule has 0 bridgehead atoms. The van der Waals surface area contributed by atoms with Gasteiger partial charge in [0, 0.05) is 0 Å². The van der Waals surface area contributed by atoms with Gasteiger partial charge in [0.25, 0.3) is 0 Å². The lowest BCUT2D eigenvalue weighted by Gasteiger charge is -2.11. The molecule has 2 N–H and O–H groups in total. The van der Waals surface area contributed by atoms with Gasteiger partial charge < -0.3 is 10.2 Å². The molecule has 0 rings (SSSR count). The molecule has 0 spiro atoms. The van der Waals surface area contributed by atoms with Crippen molar-refractivity contribution in [3.63, 3.8) is 0 Å². The monoisotopic (exact) mass is 144 g/mol. The van der Waals surface area contributed by atoms with E-state index in [2.05, 4.69) is 6.58 Å². The van der Waals surface area contributed by atoms with Crippen LogP contribution in [0.25, 0.3) is 0 Å². The number of aliphatic hydroxyl groups excluding tert-OH is 2. The van der Waals surface area contributed by atoms with E-state index in [9.17, 15) is 0 Å². The molecule has 0 fully saturated rings. The Hall–Kier alpha value is -0.340. The molecular weight excluding hydrogens is 128 g/mol. The minimum atomic E-state index is -0.424. The van der Waals surface area contributed by atoms with E-state index in [-0.39, 0.29) is 6.10 Å². The molecule has 0 saturated heterocycles. The van der Waals surface area contributed by atoms with Gasteiger partial charge in [-0.25, -0.2) is 0 Å². The third-order valence-electron chi connectivity index (χ3n) is 1.45. The molecule has 2 nitrogen and oxygen atoms in total. The van der Waals surface area contributed by atoms with Crippen LogP contribution in [0.2, 0.25) is 0 Å². The summed E-state index contributed by atoms with van der Waals surface area (Å²) in [6, 6.07) is 0. The van der Waals surface area contributed by atoms with Crippen LogP contribution in [0, 0.1) is 0 Å². The van der Waals surface area contributed by atoms with Gasteiger partial charge in [0.1, 0.15) is 0 Å². The molecule has 0 aliphatic carbocycles. The first-order chi connectivity index (χ1) is 4.70. The van der Waals surface area contributed by atoms with E-state index in [1.807, 2.05) is 6.92 Å². The van der Waals surface area contributed by atoms with Crippen LogP contribution in [0.5, 0.6) is 0 Å². The fourth-order valence-electron chi connectivity index (χ4n) is 0.769. The first-order valence-electron chi connectivity index (χ1n) is 3.67. The van der Waals surface area contributed by atoms with E-state index in [4.69, 9.17) is 10.2 Å². The summed E-state index contributed by atoms with van der Waals surface area (Å²) in [7, 11) is 0. The van der Waals surface area contributed by atoms with Gasteiger partial charge >= 0.3 is 0 Å². The topological polar surface area (TPSA) is 40.5 Å². The van der Waals surface area contributed by atoms with Gasteiger partial charge in [-0.2, -0.15) is 0 Å². The smallest absolute Gasteiger partial charge is 0.0599 e. The SMILES string of the molecule is C=CC[C@@H](O)C[C@@H](O)CC. The van der Waals surface area contributed by atoms with Crippen molar-refractivity contribution in [2.75, 3.05) is 0 Å². The summed E-state index contributed by atoms with van der Waals surface area (Å²) in [4.78, 5) is 0. The van der Waals surface area contributed by atoms with Crippen LogP contribution in [-0.2, 0) is 0 Å². The van der Waals surface area contributed by atoms with Crippen molar-refractivity contribution in [1.29, 1.82) is 0 Å². The van der Waals surface area contributed by atoms with Gasteiger partial charge in [-0.15, -0.1) is 6.58 Å². The van der Waals surface area contributed by atoms with Crippen LogP contribution in [0.1, 0.15) is 26.2 Å². The first kappa shape index (κ1) is 9.66. The van der Waals surface area contributed by atoms with Crippen LogP contribution in [-0.4, -0.2) is 22.4 Å². The second-order valence-corrected chi connectivity index (χ2v) is 2.48. The summed E-state index contributed by atoms with van der Waals surface area (Å²) in [5.74, 6) is 0. The summed E-state index contributed by atoms with van der Waals surface area (Å²) in [5.41, 5.74) is 0. The van der Waals surface area contributed by atoms with Gasteiger partial charge in [-0.05, 0) is 19.3 Å². The minimum Gasteiger partial charge on any atom is -0.393 e. The summed E-state index contributed by atoms with van der Waals surface area (Å²) in [6.45, 7) is 5.39. The Balaban J connectivity index is 3.35. The molecule has 0 unspecified atom stereocenters. The standard InChI is InChI=1S/C8H16O2/c1-3-5-8(10)6-7(9)4-2/h3,7-10H,1,4-6H2,2H3/t7-,8+/m0/s1. The highest BCUT2D eigenvalue weighted by atomic mass is 16.3. The van der Waals surface area contributed by atoms with Gasteiger partial charge in [0.05, 0.1) is 12.2 Å². The number of hydrogen-bond acceptors (Lipinski definition) is 2. The van der Waals surface area contributed by atoms with E-state index in [0.717, 1.165) is 0 Å². The highest BCUT2D eigenvalue weighted by molar-refractivity contribution is 4.73. The maximum Gasteiger partial charge on any atom is 0.0599 e. The molecule has 0 aliphatic rings. The summed E-state index contributed by atoms with van der Waals surface area (Å²) in [5, 5.41) is 18.2. The fourth-order valence-corrected chi connectivity index (χ4v) is 0.769. The third kappa shape index (κ3) is 4.53. The zero-order valence-corrected chi connectivity index (χ0v) is 6.45. The van der Waals surface area contributed by atoms with E-state index in [1.165, 1.54) is 0 Å². The number of aliphatic hydroxyl groups is 2. The van der Waals surface area contributed by atoms with E-state index in [1.54, 1.807) is 6.08 Å². The highest BCUT2D eigenvalue weighted by Gasteiger charge is 2.07. The van der Waals surface area contributed by atoms with Crippen molar-refractivity contribution in [2.24, 2.45) is 0 Å². The summed E-state index contributed by atoms with van der Waals surface area (Å²) < 4.78 is 0. The molecule has 2 heteroatoms. The molecule has 0 aromatic heterocycles. The zero-order chi connectivity index (χ0) is 7.98. The third-order valence-corrected chi connectivity index (χ3v) is 1.45. The lowest BCUT2D eigenvalue weighted by Crippen LogP contribution is -2.15. The predicted molar refractivity (Wildman–Crippen MR) is 41.7 cm³/mol. The molecule has 0 heterocycles. The van der Waals surface area contributed by atoms with E-state index in [0.29, 0.717) is 19.3 Å². The van der Waals surface area contributed by atoms with Crippen LogP contribution in [0.15, 0.2) is 12.7 Å². The maximum absolute atomic E-state index is 9.12. The lowest BCUT2D eigenvalue weighted by molar-refractivity contribution is 0.0802. The second-order valence-electron chi connectivity index (χ2n) is 2.48. The van der Waals surface area contributed by atoms with Gasteiger partial charge in [-0.1, -0.05) is 13.0 Å². The molecule has 0 aliphatic heterocycles. The largest absolute Gasteiger partial charge is 0.393 e. The van der Waals surface area contributed by atoms with Crippen molar-refractivity contribution in [3.05, 3.63) is 12.7 Å². The van der Waals surface area contributed by atoms with Crippen molar-refractivity contribution in [3.8, 4) is 0 Å². The van der Waals surface area contributed by atoms with Crippen LogP contribution >= 0.6 is 0 Å². The molecule has 0 aromatic rings. The Kier molecular flexibility index (Phi) is 5.26. The summed E-state index contributed by atoms with van der Waals surface area (Å²) in [6.07, 6.45) is 2.60. The molecule has 0 amide bonds. The van der Waals surface area contributed by atoms with Crippen molar-refractivity contribution in [2.45, 2.75) is 38.4 Å². The maximum atomic E-state index is 9.12. The van der Waals surface area contributed by atoms with Crippen LogP contribution < -0.4 is 0 Å². The predicted octanol–water partition coefficient (Wildman–Crippen LogP) is 1.08. The molecular formula is C8H16O2. The fraction of sp³-hybridized carbons (Fsp3) is 0.750. The Bertz CT molecular complexity index is 91.3. The second kappa shape index (κ2) is 5.45.